The van der Waals surface area contributed by atoms with Crippen molar-refractivity contribution in [2.45, 2.75) is 33.9 Å². The Morgan fingerprint density at radius 2 is 1.74 bits per heavy atom. The number of rotatable bonds is 7. The molecule has 2 amide bonds. The Hall–Kier alpha value is -3.72. The summed E-state index contributed by atoms with van der Waals surface area (Å²) >= 11 is 3.55. The molecule has 0 aliphatic carbocycles. The molecule has 2 aromatic carbocycles. The highest BCUT2D eigenvalue weighted by molar-refractivity contribution is 9.10. The second-order valence-electron chi connectivity index (χ2n) is 7.86. The van der Waals surface area contributed by atoms with E-state index in [2.05, 4.69) is 36.8 Å². The SMILES string of the molecule is CCn1cc(NC(=O)c2cccc(Cn3nc(C)c(Br)c3C)c2)c(C(=O)Nc2ccccc2)n1. The Labute approximate surface area is 206 Å². The smallest absolute Gasteiger partial charge is 0.278 e. The monoisotopic (exact) mass is 520 g/mol. The largest absolute Gasteiger partial charge is 0.321 e. The molecule has 0 aliphatic rings. The number of aryl methyl sites for hydroxylation is 2. The van der Waals surface area contributed by atoms with E-state index in [0.29, 0.717) is 30.0 Å². The number of carbonyl (C=O) groups excluding carboxylic acids is 2. The van der Waals surface area contributed by atoms with E-state index < -0.39 is 5.91 Å². The predicted octanol–water partition coefficient (Wildman–Crippen LogP) is 5.03. The minimum absolute atomic E-state index is 0.155. The molecule has 0 atom stereocenters. The molecule has 2 aromatic heterocycles. The first-order valence-corrected chi connectivity index (χ1v) is 11.7. The average Bonchev–Trinajstić information content (AvgIpc) is 3.36. The van der Waals surface area contributed by atoms with Crippen LogP contribution in [-0.2, 0) is 13.1 Å². The lowest BCUT2D eigenvalue weighted by molar-refractivity contribution is 0.102. The van der Waals surface area contributed by atoms with E-state index in [4.69, 9.17) is 0 Å². The number of carbonyl (C=O) groups is 2. The lowest BCUT2D eigenvalue weighted by Gasteiger charge is -2.09. The number of amides is 2. The summed E-state index contributed by atoms with van der Waals surface area (Å²) in [6.07, 6.45) is 1.66. The van der Waals surface area contributed by atoms with Gasteiger partial charge in [0.2, 0.25) is 0 Å². The van der Waals surface area contributed by atoms with Crippen LogP contribution in [-0.4, -0.2) is 31.4 Å². The Balaban J connectivity index is 1.53. The second-order valence-corrected chi connectivity index (χ2v) is 8.66. The summed E-state index contributed by atoms with van der Waals surface area (Å²) in [5.74, 6) is -0.710. The Morgan fingerprint density at radius 3 is 2.41 bits per heavy atom. The van der Waals surface area contributed by atoms with Crippen LogP contribution in [0.3, 0.4) is 0 Å². The fourth-order valence-corrected chi connectivity index (χ4v) is 3.85. The minimum atomic E-state index is -0.391. The van der Waals surface area contributed by atoms with Gasteiger partial charge in [0.05, 0.1) is 28.1 Å². The first-order chi connectivity index (χ1) is 16.4. The molecular weight excluding hydrogens is 496 g/mol. The summed E-state index contributed by atoms with van der Waals surface area (Å²) in [4.78, 5) is 25.9. The van der Waals surface area contributed by atoms with Crippen molar-refractivity contribution in [1.82, 2.24) is 19.6 Å². The van der Waals surface area contributed by atoms with Crippen molar-refractivity contribution in [2.75, 3.05) is 10.6 Å². The molecule has 2 heterocycles. The Kier molecular flexibility index (Phi) is 6.93. The van der Waals surface area contributed by atoms with E-state index >= 15 is 0 Å². The van der Waals surface area contributed by atoms with Crippen LogP contribution in [0.4, 0.5) is 11.4 Å². The van der Waals surface area contributed by atoms with E-state index in [-0.39, 0.29) is 11.6 Å². The quantitative estimate of drug-likeness (QED) is 0.357. The van der Waals surface area contributed by atoms with Crippen LogP contribution in [0, 0.1) is 13.8 Å². The lowest BCUT2D eigenvalue weighted by atomic mass is 10.1. The van der Waals surface area contributed by atoms with Crippen molar-refractivity contribution >= 4 is 39.1 Å². The number of hydrogen-bond acceptors (Lipinski definition) is 4. The van der Waals surface area contributed by atoms with Crippen molar-refractivity contribution in [3.05, 3.63) is 93.5 Å². The van der Waals surface area contributed by atoms with Gasteiger partial charge in [-0.15, -0.1) is 0 Å². The van der Waals surface area contributed by atoms with Crippen LogP contribution in [0.5, 0.6) is 0 Å². The fourth-order valence-electron chi connectivity index (χ4n) is 3.56. The molecule has 174 valence electrons. The average molecular weight is 521 g/mol. The molecule has 0 unspecified atom stereocenters. The molecule has 2 N–H and O–H groups in total. The van der Waals surface area contributed by atoms with Crippen molar-refractivity contribution in [1.29, 1.82) is 0 Å². The number of aromatic nitrogens is 4. The molecule has 4 rings (SSSR count). The van der Waals surface area contributed by atoms with Gasteiger partial charge in [-0.05, 0) is 66.5 Å². The van der Waals surface area contributed by atoms with Crippen molar-refractivity contribution in [3.8, 4) is 0 Å². The lowest BCUT2D eigenvalue weighted by Crippen LogP contribution is -2.18. The first kappa shape index (κ1) is 23.4. The second kappa shape index (κ2) is 10.0. The summed E-state index contributed by atoms with van der Waals surface area (Å²) in [6, 6.07) is 16.5. The number of benzene rings is 2. The van der Waals surface area contributed by atoms with Gasteiger partial charge in [0.1, 0.15) is 0 Å². The molecule has 0 spiro atoms. The molecule has 0 bridgehead atoms. The third kappa shape index (κ3) is 5.09. The third-order valence-electron chi connectivity index (χ3n) is 5.40. The predicted molar refractivity (Wildman–Crippen MR) is 135 cm³/mol. The van der Waals surface area contributed by atoms with E-state index in [1.54, 1.807) is 29.1 Å². The molecule has 8 nitrogen and oxygen atoms in total. The maximum atomic E-state index is 13.1. The molecule has 0 saturated heterocycles. The van der Waals surface area contributed by atoms with Gasteiger partial charge in [-0.1, -0.05) is 30.3 Å². The van der Waals surface area contributed by atoms with Gasteiger partial charge in [-0.25, -0.2) is 0 Å². The van der Waals surface area contributed by atoms with Crippen molar-refractivity contribution < 1.29 is 9.59 Å². The standard InChI is InChI=1S/C25H25BrN6O2/c1-4-31-15-21(23(30-31)25(34)27-20-11-6-5-7-12-20)28-24(33)19-10-8-9-18(13-19)14-32-17(3)22(26)16(2)29-32/h5-13,15H,4,14H2,1-3H3,(H,27,34)(H,28,33). The van der Waals surface area contributed by atoms with Gasteiger partial charge < -0.3 is 10.6 Å². The van der Waals surface area contributed by atoms with E-state index in [1.165, 1.54) is 0 Å². The van der Waals surface area contributed by atoms with Gasteiger partial charge in [0.15, 0.2) is 5.69 Å². The maximum absolute atomic E-state index is 13.1. The van der Waals surface area contributed by atoms with Crippen LogP contribution in [0.1, 0.15) is 44.7 Å². The van der Waals surface area contributed by atoms with Crippen molar-refractivity contribution in [3.63, 3.8) is 0 Å². The zero-order valence-electron chi connectivity index (χ0n) is 19.2. The summed E-state index contributed by atoms with van der Waals surface area (Å²) in [7, 11) is 0. The highest BCUT2D eigenvalue weighted by atomic mass is 79.9. The van der Waals surface area contributed by atoms with Gasteiger partial charge in [0.25, 0.3) is 11.8 Å². The van der Waals surface area contributed by atoms with Crippen LogP contribution < -0.4 is 10.6 Å². The molecule has 4 aromatic rings. The molecule has 0 fully saturated rings. The number of para-hydroxylation sites is 1. The Bertz CT molecular complexity index is 1340. The van der Waals surface area contributed by atoms with Gasteiger partial charge >= 0.3 is 0 Å². The summed E-state index contributed by atoms with van der Waals surface area (Å²) in [5, 5.41) is 14.5. The third-order valence-corrected chi connectivity index (χ3v) is 6.54. The van der Waals surface area contributed by atoms with E-state index in [0.717, 1.165) is 21.4 Å². The van der Waals surface area contributed by atoms with Crippen LogP contribution >= 0.6 is 15.9 Å². The number of nitrogens with one attached hydrogen (secondary N) is 2. The number of hydrogen-bond donors (Lipinski definition) is 2. The molecule has 0 radical (unpaired) electrons. The van der Waals surface area contributed by atoms with Crippen molar-refractivity contribution in [2.24, 2.45) is 0 Å². The van der Waals surface area contributed by atoms with E-state index in [9.17, 15) is 9.59 Å². The molecule has 0 saturated carbocycles. The first-order valence-electron chi connectivity index (χ1n) is 10.9. The van der Waals surface area contributed by atoms with Crippen LogP contribution in [0.2, 0.25) is 0 Å². The van der Waals surface area contributed by atoms with Gasteiger partial charge in [-0.3, -0.25) is 19.0 Å². The summed E-state index contributed by atoms with van der Waals surface area (Å²) in [6.45, 7) is 6.96. The topological polar surface area (TPSA) is 93.8 Å². The molecule has 34 heavy (non-hydrogen) atoms. The highest BCUT2D eigenvalue weighted by Crippen LogP contribution is 2.22. The van der Waals surface area contributed by atoms with Gasteiger partial charge in [0, 0.05) is 24.0 Å². The maximum Gasteiger partial charge on any atom is 0.278 e. The fraction of sp³-hybridized carbons (Fsp3) is 0.200. The van der Waals surface area contributed by atoms with E-state index in [1.807, 2.05) is 61.9 Å². The number of halogens is 1. The Morgan fingerprint density at radius 1 is 0.971 bits per heavy atom. The minimum Gasteiger partial charge on any atom is -0.321 e. The molecule has 0 aliphatic heterocycles. The molecular formula is C25H25BrN6O2. The zero-order chi connectivity index (χ0) is 24.2. The van der Waals surface area contributed by atoms with Crippen LogP contribution in [0.25, 0.3) is 0 Å². The normalized spacial score (nSPS) is 10.8. The van der Waals surface area contributed by atoms with Gasteiger partial charge in [-0.2, -0.15) is 10.2 Å². The summed E-state index contributed by atoms with van der Waals surface area (Å²) < 4.78 is 4.50. The molecule has 9 heteroatoms. The number of anilines is 2. The highest BCUT2D eigenvalue weighted by Gasteiger charge is 2.20. The van der Waals surface area contributed by atoms with Crippen LogP contribution in [0.15, 0.2) is 65.3 Å². The summed E-state index contributed by atoms with van der Waals surface area (Å²) in [5.41, 5.74) is 4.53. The number of nitrogens with zero attached hydrogens (tertiary/aromatic N) is 4. The zero-order valence-corrected chi connectivity index (χ0v) is 20.8.